The van der Waals surface area contributed by atoms with E-state index in [4.69, 9.17) is 10.00 Å². The molecule has 0 aromatic carbocycles. The normalized spacial score (nSPS) is 12.3. The van der Waals surface area contributed by atoms with Crippen LogP contribution < -0.4 is 0 Å². The largest absolute Gasteiger partial charge is 0.363 e. The summed E-state index contributed by atoms with van der Waals surface area (Å²) >= 11 is 0. The van der Waals surface area contributed by atoms with Crippen LogP contribution in [0.5, 0.6) is 0 Å². The Morgan fingerprint density at radius 3 is 2.27 bits per heavy atom. The third-order valence-corrected chi connectivity index (χ3v) is 2.53. The Bertz CT molecular complexity index is 162. The van der Waals surface area contributed by atoms with Gasteiger partial charge in [0.2, 0.25) is 0 Å². The molecule has 15 heavy (non-hydrogen) atoms. The highest BCUT2D eigenvalue weighted by Crippen LogP contribution is 2.07. The van der Waals surface area contributed by atoms with Crippen molar-refractivity contribution in [1.29, 1.82) is 5.26 Å². The fourth-order valence-corrected chi connectivity index (χ4v) is 1.51. The molecular formula is C13H25NO. The SMILES string of the molecule is CCCCCCCOC(C#N)CCCC. The van der Waals surface area contributed by atoms with Gasteiger partial charge >= 0.3 is 0 Å². The average Bonchev–Trinajstić information content (AvgIpc) is 2.27. The molecule has 2 nitrogen and oxygen atoms in total. The van der Waals surface area contributed by atoms with E-state index >= 15 is 0 Å². The lowest BCUT2D eigenvalue weighted by molar-refractivity contribution is 0.0796. The van der Waals surface area contributed by atoms with Gasteiger partial charge in [-0.2, -0.15) is 5.26 Å². The lowest BCUT2D eigenvalue weighted by Crippen LogP contribution is -2.11. The predicted molar refractivity (Wildman–Crippen MR) is 63.6 cm³/mol. The number of unbranched alkanes of at least 4 members (excludes halogenated alkanes) is 5. The highest BCUT2D eigenvalue weighted by atomic mass is 16.5. The van der Waals surface area contributed by atoms with Gasteiger partial charge in [-0.05, 0) is 12.8 Å². The van der Waals surface area contributed by atoms with Crippen LogP contribution in [0.25, 0.3) is 0 Å². The summed E-state index contributed by atoms with van der Waals surface area (Å²) in [6.45, 7) is 5.11. The van der Waals surface area contributed by atoms with Crippen molar-refractivity contribution in [2.45, 2.75) is 71.3 Å². The summed E-state index contributed by atoms with van der Waals surface area (Å²) in [6, 6.07) is 2.22. The van der Waals surface area contributed by atoms with Gasteiger partial charge in [-0.15, -0.1) is 0 Å². The predicted octanol–water partition coefficient (Wildman–Crippen LogP) is 4.06. The van der Waals surface area contributed by atoms with E-state index in [1.54, 1.807) is 0 Å². The molecule has 0 amide bonds. The van der Waals surface area contributed by atoms with E-state index < -0.39 is 0 Å². The molecule has 0 saturated carbocycles. The highest BCUT2D eigenvalue weighted by Gasteiger charge is 2.05. The van der Waals surface area contributed by atoms with E-state index in [2.05, 4.69) is 19.9 Å². The molecule has 0 rings (SSSR count). The fraction of sp³-hybridized carbons (Fsp3) is 0.923. The average molecular weight is 211 g/mol. The Morgan fingerprint density at radius 2 is 1.67 bits per heavy atom. The van der Waals surface area contributed by atoms with Crippen molar-refractivity contribution in [2.24, 2.45) is 0 Å². The molecule has 0 radical (unpaired) electrons. The van der Waals surface area contributed by atoms with E-state index in [1.807, 2.05) is 0 Å². The van der Waals surface area contributed by atoms with Crippen LogP contribution >= 0.6 is 0 Å². The van der Waals surface area contributed by atoms with Crippen molar-refractivity contribution < 1.29 is 4.74 Å². The molecule has 2 heteroatoms. The van der Waals surface area contributed by atoms with Gasteiger partial charge in [0.05, 0.1) is 6.07 Å². The number of hydrogen-bond acceptors (Lipinski definition) is 2. The van der Waals surface area contributed by atoms with Crippen LogP contribution in [0.3, 0.4) is 0 Å². The molecule has 0 spiro atoms. The van der Waals surface area contributed by atoms with E-state index in [1.165, 1.54) is 25.7 Å². The van der Waals surface area contributed by atoms with Crippen LogP contribution in [0.15, 0.2) is 0 Å². The molecule has 88 valence electrons. The third-order valence-electron chi connectivity index (χ3n) is 2.53. The van der Waals surface area contributed by atoms with Crippen LogP contribution in [0.4, 0.5) is 0 Å². The van der Waals surface area contributed by atoms with Crippen molar-refractivity contribution >= 4 is 0 Å². The van der Waals surface area contributed by atoms with Crippen LogP contribution in [0.1, 0.15) is 65.2 Å². The van der Waals surface area contributed by atoms with Gasteiger partial charge < -0.3 is 4.74 Å². The van der Waals surface area contributed by atoms with Crippen LogP contribution in [-0.4, -0.2) is 12.7 Å². The number of hydrogen-bond donors (Lipinski definition) is 0. The first-order valence-corrected chi connectivity index (χ1v) is 6.36. The van der Waals surface area contributed by atoms with Crippen molar-refractivity contribution in [1.82, 2.24) is 0 Å². The van der Waals surface area contributed by atoms with Crippen molar-refractivity contribution in [2.75, 3.05) is 6.61 Å². The Balaban J connectivity index is 3.27. The highest BCUT2D eigenvalue weighted by molar-refractivity contribution is 4.83. The van der Waals surface area contributed by atoms with E-state index in [0.717, 1.165) is 32.3 Å². The van der Waals surface area contributed by atoms with Gasteiger partial charge in [0.15, 0.2) is 0 Å². The monoisotopic (exact) mass is 211 g/mol. The maximum atomic E-state index is 8.82. The van der Waals surface area contributed by atoms with Crippen molar-refractivity contribution in [3.63, 3.8) is 0 Å². The van der Waals surface area contributed by atoms with Gasteiger partial charge in [-0.25, -0.2) is 0 Å². The first-order chi connectivity index (χ1) is 7.35. The molecule has 1 atom stereocenters. The second-order valence-electron chi connectivity index (χ2n) is 4.04. The maximum absolute atomic E-state index is 8.82. The zero-order chi connectivity index (χ0) is 11.4. The van der Waals surface area contributed by atoms with Gasteiger partial charge in [0.25, 0.3) is 0 Å². The smallest absolute Gasteiger partial charge is 0.143 e. The van der Waals surface area contributed by atoms with E-state index in [-0.39, 0.29) is 6.10 Å². The lowest BCUT2D eigenvalue weighted by Gasteiger charge is -2.09. The van der Waals surface area contributed by atoms with E-state index in [9.17, 15) is 0 Å². The maximum Gasteiger partial charge on any atom is 0.143 e. The molecular weight excluding hydrogens is 186 g/mol. The minimum absolute atomic E-state index is 0.170. The Hall–Kier alpha value is -0.550. The molecule has 0 aliphatic carbocycles. The third kappa shape index (κ3) is 9.75. The Morgan fingerprint density at radius 1 is 1.00 bits per heavy atom. The Kier molecular flexibility index (Phi) is 11.1. The summed E-state index contributed by atoms with van der Waals surface area (Å²) < 4.78 is 5.51. The van der Waals surface area contributed by atoms with E-state index in [0.29, 0.717) is 0 Å². The number of rotatable bonds is 10. The molecule has 0 aromatic heterocycles. The van der Waals surface area contributed by atoms with Gasteiger partial charge in [-0.3, -0.25) is 0 Å². The molecule has 0 heterocycles. The van der Waals surface area contributed by atoms with Crippen LogP contribution in [-0.2, 0) is 4.74 Å². The minimum Gasteiger partial charge on any atom is -0.363 e. The first-order valence-electron chi connectivity index (χ1n) is 6.36. The minimum atomic E-state index is -0.170. The van der Waals surface area contributed by atoms with Gasteiger partial charge in [0.1, 0.15) is 6.10 Å². The lowest BCUT2D eigenvalue weighted by atomic mass is 10.1. The molecule has 0 aliphatic heterocycles. The molecule has 0 aromatic rings. The molecule has 0 bridgehead atoms. The van der Waals surface area contributed by atoms with Crippen LogP contribution in [0, 0.1) is 11.3 Å². The molecule has 0 saturated heterocycles. The zero-order valence-electron chi connectivity index (χ0n) is 10.3. The Labute approximate surface area is 94.6 Å². The summed E-state index contributed by atoms with van der Waals surface area (Å²) in [6.07, 6.45) is 9.18. The first kappa shape index (κ1) is 14.5. The molecule has 0 fully saturated rings. The van der Waals surface area contributed by atoms with Gasteiger partial charge in [-0.1, -0.05) is 52.4 Å². The van der Waals surface area contributed by atoms with Crippen LogP contribution in [0.2, 0.25) is 0 Å². The molecule has 0 aliphatic rings. The molecule has 0 N–H and O–H groups in total. The second-order valence-corrected chi connectivity index (χ2v) is 4.04. The van der Waals surface area contributed by atoms with Crippen molar-refractivity contribution in [3.05, 3.63) is 0 Å². The standard InChI is InChI=1S/C13H25NO/c1-3-5-7-8-9-11-15-13(12-14)10-6-4-2/h13H,3-11H2,1-2H3. The summed E-state index contributed by atoms with van der Waals surface area (Å²) in [5.74, 6) is 0. The number of nitrogens with zero attached hydrogens (tertiary/aromatic N) is 1. The topological polar surface area (TPSA) is 33.0 Å². The number of nitriles is 1. The zero-order valence-corrected chi connectivity index (χ0v) is 10.3. The van der Waals surface area contributed by atoms with Gasteiger partial charge in [0, 0.05) is 6.61 Å². The summed E-state index contributed by atoms with van der Waals surface area (Å²) in [5.41, 5.74) is 0. The summed E-state index contributed by atoms with van der Waals surface area (Å²) in [4.78, 5) is 0. The second kappa shape index (κ2) is 11.5. The van der Waals surface area contributed by atoms with Crippen molar-refractivity contribution in [3.8, 4) is 6.07 Å². The summed E-state index contributed by atoms with van der Waals surface area (Å²) in [7, 11) is 0. The quantitative estimate of drug-likeness (QED) is 0.511. The summed E-state index contributed by atoms with van der Waals surface area (Å²) in [5, 5.41) is 8.82. The fourth-order valence-electron chi connectivity index (χ4n) is 1.51. The number of ether oxygens (including phenoxy) is 1. The molecule has 1 unspecified atom stereocenters.